The number of carbonyl (C=O) groups is 1. The van der Waals surface area contributed by atoms with Gasteiger partial charge in [0.2, 0.25) is 5.91 Å². The highest BCUT2D eigenvalue weighted by molar-refractivity contribution is 5.84. The third-order valence-electron chi connectivity index (χ3n) is 6.80. The molecule has 5 heteroatoms. The summed E-state index contributed by atoms with van der Waals surface area (Å²) >= 11 is 0. The van der Waals surface area contributed by atoms with Gasteiger partial charge in [-0.3, -0.25) is 9.59 Å². The van der Waals surface area contributed by atoms with Gasteiger partial charge in [-0.05, 0) is 44.4 Å². The van der Waals surface area contributed by atoms with Crippen LogP contribution in [0.15, 0.2) is 4.79 Å². The van der Waals surface area contributed by atoms with E-state index in [1.807, 2.05) is 6.92 Å². The van der Waals surface area contributed by atoms with Crippen LogP contribution in [0.3, 0.4) is 0 Å². The molecular weight excluding hydrogens is 290 g/mol. The van der Waals surface area contributed by atoms with Crippen LogP contribution in [0, 0.1) is 18.3 Å². The van der Waals surface area contributed by atoms with Crippen LogP contribution in [0.2, 0.25) is 0 Å². The summed E-state index contributed by atoms with van der Waals surface area (Å²) in [6, 6.07) is 0.456. The minimum Gasteiger partial charge on any atom is -0.336 e. The van der Waals surface area contributed by atoms with E-state index in [1.54, 1.807) is 0 Å². The van der Waals surface area contributed by atoms with Gasteiger partial charge < -0.3 is 9.88 Å². The molecule has 1 saturated heterocycles. The Morgan fingerprint density at radius 3 is 2.65 bits per heavy atom. The van der Waals surface area contributed by atoms with Gasteiger partial charge in [0, 0.05) is 36.4 Å². The first kappa shape index (κ1) is 13.8. The van der Waals surface area contributed by atoms with Gasteiger partial charge in [-0.25, -0.2) is 4.98 Å². The molecule has 1 aromatic heterocycles. The minimum absolute atomic E-state index is 0.00525. The molecular formula is C18H23N3O2. The fraction of sp³-hybridized carbons (Fsp3) is 0.722. The number of nitrogens with one attached hydrogen (secondary N) is 1. The zero-order valence-corrected chi connectivity index (χ0v) is 13.6. The van der Waals surface area contributed by atoms with Crippen molar-refractivity contribution in [1.82, 2.24) is 14.9 Å². The van der Waals surface area contributed by atoms with Crippen LogP contribution in [0.1, 0.15) is 55.6 Å². The highest BCUT2D eigenvalue weighted by Crippen LogP contribution is 2.66. The molecule has 5 nitrogen and oxygen atoms in total. The first-order valence-electron chi connectivity index (χ1n) is 8.98. The number of aryl methyl sites for hydroxylation is 1. The second kappa shape index (κ2) is 4.46. The van der Waals surface area contributed by atoms with E-state index in [0.29, 0.717) is 23.6 Å². The monoisotopic (exact) mass is 313 g/mol. The maximum Gasteiger partial charge on any atom is 0.254 e. The Hall–Kier alpha value is -1.65. The molecule has 3 fully saturated rings. The van der Waals surface area contributed by atoms with Crippen molar-refractivity contribution in [2.75, 3.05) is 0 Å². The summed E-state index contributed by atoms with van der Waals surface area (Å²) < 4.78 is 0. The molecule has 5 rings (SSSR count). The number of rotatable bonds is 1. The van der Waals surface area contributed by atoms with Gasteiger partial charge in [0.05, 0.1) is 5.69 Å². The molecule has 1 amide bonds. The number of carbonyl (C=O) groups excluding carboxylic acids is 1. The van der Waals surface area contributed by atoms with Crippen LogP contribution in [0.4, 0.5) is 0 Å². The Morgan fingerprint density at radius 1 is 1.26 bits per heavy atom. The zero-order valence-electron chi connectivity index (χ0n) is 13.6. The van der Waals surface area contributed by atoms with Crippen molar-refractivity contribution >= 4 is 5.91 Å². The van der Waals surface area contributed by atoms with E-state index in [4.69, 9.17) is 0 Å². The molecule has 2 aliphatic heterocycles. The largest absolute Gasteiger partial charge is 0.336 e. The van der Waals surface area contributed by atoms with Crippen molar-refractivity contribution in [3.8, 4) is 0 Å². The smallest absolute Gasteiger partial charge is 0.254 e. The first-order chi connectivity index (χ1) is 11.1. The number of fused-ring (bicyclic) bond motifs is 3. The van der Waals surface area contributed by atoms with Gasteiger partial charge >= 0.3 is 0 Å². The fourth-order valence-corrected chi connectivity index (χ4v) is 5.29. The van der Waals surface area contributed by atoms with E-state index in [-0.39, 0.29) is 23.6 Å². The van der Waals surface area contributed by atoms with Gasteiger partial charge in [0.1, 0.15) is 5.82 Å². The molecule has 0 aromatic carbocycles. The van der Waals surface area contributed by atoms with Gasteiger partial charge in [0.25, 0.3) is 5.56 Å². The SMILES string of the molecule is Cc1nc2c(c(=O)[nH]1)C[C@H]1CC[C@H](C2)N1C(=O)[C@@H]1CC12CCC2. The molecule has 4 aliphatic rings. The van der Waals surface area contributed by atoms with E-state index in [9.17, 15) is 9.59 Å². The Morgan fingerprint density at radius 2 is 2.00 bits per heavy atom. The Balaban J connectivity index is 1.46. The van der Waals surface area contributed by atoms with Gasteiger partial charge in [0.15, 0.2) is 0 Å². The second-order valence-corrected chi connectivity index (χ2v) is 8.09. The van der Waals surface area contributed by atoms with Crippen LogP contribution in [0.5, 0.6) is 0 Å². The average molecular weight is 313 g/mol. The number of hydrogen-bond acceptors (Lipinski definition) is 3. The Labute approximate surface area is 135 Å². The van der Waals surface area contributed by atoms with Crippen LogP contribution >= 0.6 is 0 Å². The Kier molecular flexibility index (Phi) is 2.67. The summed E-state index contributed by atoms with van der Waals surface area (Å²) in [7, 11) is 0. The zero-order chi connectivity index (χ0) is 15.8. The van der Waals surface area contributed by atoms with Crippen molar-refractivity contribution in [2.24, 2.45) is 11.3 Å². The topological polar surface area (TPSA) is 66.1 Å². The molecule has 122 valence electrons. The number of aromatic amines is 1. The first-order valence-corrected chi connectivity index (χ1v) is 8.98. The van der Waals surface area contributed by atoms with Crippen molar-refractivity contribution in [2.45, 2.75) is 70.4 Å². The molecule has 3 heterocycles. The van der Waals surface area contributed by atoms with Crippen LogP contribution in [-0.2, 0) is 17.6 Å². The highest BCUT2D eigenvalue weighted by atomic mass is 16.2. The lowest BCUT2D eigenvalue weighted by atomic mass is 9.79. The Bertz CT molecular complexity index is 749. The van der Waals surface area contributed by atoms with Crippen molar-refractivity contribution in [1.29, 1.82) is 0 Å². The summed E-state index contributed by atoms with van der Waals surface area (Å²) in [5.74, 6) is 1.33. The summed E-state index contributed by atoms with van der Waals surface area (Å²) in [5, 5.41) is 0. The van der Waals surface area contributed by atoms with Gasteiger partial charge in [-0.1, -0.05) is 6.42 Å². The summed E-state index contributed by atoms with van der Waals surface area (Å²) in [6.07, 6.45) is 8.40. The quantitative estimate of drug-likeness (QED) is 0.858. The van der Waals surface area contributed by atoms with Gasteiger partial charge in [-0.2, -0.15) is 0 Å². The molecule has 0 radical (unpaired) electrons. The van der Waals surface area contributed by atoms with E-state index >= 15 is 0 Å². The predicted molar refractivity (Wildman–Crippen MR) is 85.0 cm³/mol. The van der Waals surface area contributed by atoms with E-state index in [1.165, 1.54) is 19.3 Å². The number of H-pyrrole nitrogens is 1. The molecule has 0 unspecified atom stereocenters. The standard InChI is InChI=1S/C18H23N3O2/c1-10-19-15-8-12-4-3-11(7-13(15)16(22)20-10)21(12)17(23)14-9-18(14)5-2-6-18/h11-12,14H,2-9H2,1H3,(H,19,20,22)/t11-,12-,14+/m1/s1. The maximum atomic E-state index is 13.1. The molecule has 1 aromatic rings. The van der Waals surface area contributed by atoms with Crippen molar-refractivity contribution < 1.29 is 4.79 Å². The lowest BCUT2D eigenvalue weighted by Crippen LogP contribution is -2.44. The molecule has 23 heavy (non-hydrogen) atoms. The maximum absolute atomic E-state index is 13.1. The van der Waals surface area contributed by atoms with E-state index < -0.39 is 0 Å². The highest BCUT2D eigenvalue weighted by Gasteiger charge is 2.63. The second-order valence-electron chi connectivity index (χ2n) is 8.09. The molecule has 1 N–H and O–H groups in total. The lowest BCUT2D eigenvalue weighted by molar-refractivity contribution is -0.136. The normalized spacial score (nSPS) is 33.1. The number of nitrogens with zero attached hydrogens (tertiary/aromatic N) is 2. The van der Waals surface area contributed by atoms with Crippen molar-refractivity contribution in [3.05, 3.63) is 27.4 Å². The summed E-state index contributed by atoms with van der Waals surface area (Å²) in [6.45, 7) is 1.83. The third kappa shape index (κ3) is 1.88. The molecule has 2 saturated carbocycles. The number of amides is 1. The van der Waals surface area contributed by atoms with Crippen LogP contribution < -0.4 is 5.56 Å². The predicted octanol–water partition coefficient (Wildman–Crippen LogP) is 1.73. The molecule has 1 spiro atoms. The lowest BCUT2D eigenvalue weighted by Gasteiger charge is -2.32. The van der Waals surface area contributed by atoms with Crippen molar-refractivity contribution in [3.63, 3.8) is 0 Å². The average Bonchev–Trinajstić information content (AvgIpc) is 3.13. The van der Waals surface area contributed by atoms with E-state index in [0.717, 1.165) is 36.9 Å². The van der Waals surface area contributed by atoms with E-state index in [2.05, 4.69) is 14.9 Å². The molecule has 2 aliphatic carbocycles. The van der Waals surface area contributed by atoms with Crippen LogP contribution in [-0.4, -0.2) is 32.9 Å². The summed E-state index contributed by atoms with van der Waals surface area (Å²) in [4.78, 5) is 35.0. The number of aromatic nitrogens is 2. The van der Waals surface area contributed by atoms with Crippen LogP contribution in [0.25, 0.3) is 0 Å². The fourth-order valence-electron chi connectivity index (χ4n) is 5.29. The molecule has 2 bridgehead atoms. The minimum atomic E-state index is -0.00525. The molecule has 3 atom stereocenters. The summed E-state index contributed by atoms with van der Waals surface area (Å²) in [5.41, 5.74) is 2.11. The third-order valence-corrected chi connectivity index (χ3v) is 6.80. The number of hydrogen-bond donors (Lipinski definition) is 1. The van der Waals surface area contributed by atoms with Gasteiger partial charge in [-0.15, -0.1) is 0 Å².